The van der Waals surface area contributed by atoms with Crippen LogP contribution in [-0.2, 0) is 19.2 Å². The molecule has 0 bridgehead atoms. The van der Waals surface area contributed by atoms with Crippen LogP contribution in [0.15, 0.2) is 0 Å². The average molecular weight is 275 g/mol. The zero-order valence-electron chi connectivity index (χ0n) is 9.37. The predicted molar refractivity (Wildman–Crippen MR) is 60.3 cm³/mol. The van der Waals surface area contributed by atoms with E-state index in [9.17, 15) is 0 Å². The molecule has 100 valence electrons. The van der Waals surface area contributed by atoms with Crippen molar-refractivity contribution in [2.75, 3.05) is 0 Å². The first-order chi connectivity index (χ1) is 7.47. The van der Waals surface area contributed by atoms with Gasteiger partial charge in [-0.25, -0.2) is 4.79 Å². The first-order valence-corrected chi connectivity index (χ1v) is 3.68. The fourth-order valence-electron chi connectivity index (χ4n) is 0. The monoisotopic (exact) mass is 275 g/mol. The van der Waals surface area contributed by atoms with Crippen LogP contribution in [0.1, 0.15) is 20.8 Å². The number of carboxylic acid groups (broad SMARTS) is 4. The Balaban J connectivity index is -0.0000000412. The normalized spacial score (nSPS) is 5.67. The molecule has 0 radical (unpaired) electrons. The van der Waals surface area contributed by atoms with E-state index in [1.54, 1.807) is 0 Å². The molecule has 0 aromatic rings. The summed E-state index contributed by atoms with van der Waals surface area (Å²) in [6.45, 7) is 3.25. The van der Waals surface area contributed by atoms with Crippen LogP contribution < -0.4 is 0 Å². The summed E-state index contributed by atoms with van der Waals surface area (Å²) in [6, 6.07) is 0.944. The van der Waals surface area contributed by atoms with Crippen LogP contribution in [0.4, 0.5) is 0 Å². The molecule has 0 aromatic carbocycles. The Labute approximate surface area is 125 Å². The molecule has 0 atom stereocenters. The maximum atomic E-state index is 9.01. The van der Waals surface area contributed by atoms with Gasteiger partial charge in [-0.1, -0.05) is 0 Å². The fourth-order valence-corrected chi connectivity index (χ4v) is 0. The first-order valence-electron chi connectivity index (χ1n) is 3.68. The molecular formula is C8H14NNaO8. The third kappa shape index (κ3) is 18800. The number of rotatable bonds is 0. The molecule has 0 saturated heterocycles. The molecule has 0 rings (SSSR count). The molecule has 0 spiro atoms. The van der Waals surface area contributed by atoms with Crippen molar-refractivity contribution in [1.29, 1.82) is 5.26 Å². The Kier molecular flexibility index (Phi) is 40.8. The standard InChI is InChI=1S/C2HNO2.3C2H4O2.Na.H/c3-1-2(4)5;3*1-2(3)4;;/h(H,4,5);3*1H3,(H,3,4);;. The van der Waals surface area contributed by atoms with Crippen LogP contribution in [0, 0.1) is 11.3 Å². The summed E-state index contributed by atoms with van der Waals surface area (Å²) in [5.74, 6) is -3.94. The van der Waals surface area contributed by atoms with Crippen molar-refractivity contribution < 1.29 is 39.6 Å². The molecule has 10 heteroatoms. The van der Waals surface area contributed by atoms with Crippen LogP contribution in [0.2, 0.25) is 0 Å². The zero-order valence-corrected chi connectivity index (χ0v) is 9.37. The number of carbonyl (C=O) groups is 4. The van der Waals surface area contributed by atoms with Gasteiger partial charge in [-0.3, -0.25) is 14.4 Å². The van der Waals surface area contributed by atoms with E-state index < -0.39 is 23.9 Å². The summed E-state index contributed by atoms with van der Waals surface area (Å²) >= 11 is 0. The molecule has 0 fully saturated rings. The molecule has 0 unspecified atom stereocenters. The summed E-state index contributed by atoms with van der Waals surface area (Å²) in [6.07, 6.45) is 0. The minimum absolute atomic E-state index is 0. The van der Waals surface area contributed by atoms with E-state index in [2.05, 4.69) is 0 Å². The summed E-state index contributed by atoms with van der Waals surface area (Å²) < 4.78 is 0. The Bertz CT molecular complexity index is 255. The van der Waals surface area contributed by atoms with E-state index >= 15 is 0 Å². The van der Waals surface area contributed by atoms with Crippen LogP contribution >= 0.6 is 0 Å². The van der Waals surface area contributed by atoms with Gasteiger partial charge in [-0.05, 0) is 0 Å². The van der Waals surface area contributed by atoms with Gasteiger partial charge in [-0.15, -0.1) is 0 Å². The fraction of sp³-hybridized carbons (Fsp3) is 0.375. The molecule has 4 N–H and O–H groups in total. The van der Waals surface area contributed by atoms with Gasteiger partial charge in [0.05, 0.1) is 0 Å². The molecule has 0 amide bonds. The van der Waals surface area contributed by atoms with Gasteiger partial charge in [0.15, 0.2) is 6.07 Å². The van der Waals surface area contributed by atoms with Crippen LogP contribution in [0.25, 0.3) is 0 Å². The zero-order chi connectivity index (χ0) is 15.0. The van der Waals surface area contributed by atoms with Gasteiger partial charge in [0.2, 0.25) is 0 Å². The van der Waals surface area contributed by atoms with Crippen molar-refractivity contribution in [2.45, 2.75) is 20.8 Å². The van der Waals surface area contributed by atoms with Crippen molar-refractivity contribution in [3.05, 3.63) is 0 Å². The number of nitrogens with zero attached hydrogens (tertiary/aromatic N) is 1. The summed E-state index contributed by atoms with van der Waals surface area (Å²) in [5.41, 5.74) is 0. The number of hydrogen-bond acceptors (Lipinski definition) is 5. The third-order valence-electron chi connectivity index (χ3n) is 0.0956. The quantitative estimate of drug-likeness (QED) is 0.251. The molecule has 9 nitrogen and oxygen atoms in total. The van der Waals surface area contributed by atoms with E-state index in [4.69, 9.17) is 44.9 Å². The number of aliphatic carboxylic acids is 4. The van der Waals surface area contributed by atoms with Crippen LogP contribution in [-0.4, -0.2) is 73.9 Å². The second kappa shape index (κ2) is 24.6. The van der Waals surface area contributed by atoms with Gasteiger partial charge in [-0.2, -0.15) is 5.26 Å². The Morgan fingerprint density at radius 2 is 0.833 bits per heavy atom. The molecule has 18 heavy (non-hydrogen) atoms. The molecule has 0 aromatic heterocycles. The molecule has 0 heterocycles. The van der Waals surface area contributed by atoms with E-state index in [0.29, 0.717) is 0 Å². The maximum absolute atomic E-state index is 9.01. The first kappa shape index (κ1) is 29.9. The molecule has 0 aliphatic heterocycles. The molecule has 0 aliphatic carbocycles. The van der Waals surface area contributed by atoms with E-state index in [1.165, 1.54) is 0 Å². The number of carboxylic acids is 4. The molecule has 0 saturated carbocycles. The van der Waals surface area contributed by atoms with Crippen molar-refractivity contribution in [1.82, 2.24) is 0 Å². The Hall–Kier alpha value is -1.63. The van der Waals surface area contributed by atoms with Crippen LogP contribution in [0.3, 0.4) is 0 Å². The average Bonchev–Trinajstić information content (AvgIpc) is 2.00. The second-order valence-electron chi connectivity index (χ2n) is 1.97. The van der Waals surface area contributed by atoms with Gasteiger partial charge in [0.25, 0.3) is 17.9 Å². The van der Waals surface area contributed by atoms with Gasteiger partial charge < -0.3 is 20.4 Å². The summed E-state index contributed by atoms with van der Waals surface area (Å²) in [5, 5.41) is 36.9. The van der Waals surface area contributed by atoms with Crippen molar-refractivity contribution in [3.63, 3.8) is 0 Å². The molecule has 0 aliphatic rings. The number of hydrogen-bond donors (Lipinski definition) is 4. The predicted octanol–water partition coefficient (Wildman–Crippen LogP) is -0.781. The van der Waals surface area contributed by atoms with Crippen molar-refractivity contribution >= 4 is 53.4 Å². The SMILES string of the molecule is CC(=O)O.CC(=O)O.CC(=O)O.N#CC(=O)O.[NaH]. The van der Waals surface area contributed by atoms with Crippen LogP contribution in [0.5, 0.6) is 0 Å². The second-order valence-corrected chi connectivity index (χ2v) is 1.97. The Morgan fingerprint density at radius 3 is 0.833 bits per heavy atom. The minimum atomic E-state index is -1.44. The van der Waals surface area contributed by atoms with E-state index in [-0.39, 0.29) is 29.6 Å². The molecular weight excluding hydrogens is 261 g/mol. The van der Waals surface area contributed by atoms with E-state index in [1.807, 2.05) is 0 Å². The third-order valence-corrected chi connectivity index (χ3v) is 0.0956. The topological polar surface area (TPSA) is 173 Å². The van der Waals surface area contributed by atoms with Gasteiger partial charge in [0, 0.05) is 20.8 Å². The van der Waals surface area contributed by atoms with Gasteiger partial charge >= 0.3 is 35.5 Å². The van der Waals surface area contributed by atoms with Crippen molar-refractivity contribution in [3.8, 4) is 6.07 Å². The Morgan fingerprint density at radius 1 is 0.778 bits per heavy atom. The summed E-state index contributed by atoms with van der Waals surface area (Å²) in [7, 11) is 0. The van der Waals surface area contributed by atoms with Crippen molar-refractivity contribution in [2.24, 2.45) is 0 Å². The summed E-state index contributed by atoms with van der Waals surface area (Å²) in [4.78, 5) is 36.0. The van der Waals surface area contributed by atoms with Gasteiger partial charge in [0.1, 0.15) is 0 Å². The number of nitriles is 1. The van der Waals surface area contributed by atoms with E-state index in [0.717, 1.165) is 26.8 Å².